The van der Waals surface area contributed by atoms with Gasteiger partial charge in [-0.3, -0.25) is 9.53 Å². The van der Waals surface area contributed by atoms with Gasteiger partial charge in [0.15, 0.2) is 6.61 Å². The maximum Gasteiger partial charge on any atom is 0.522 e. The van der Waals surface area contributed by atoms with Gasteiger partial charge >= 0.3 is 6.36 Å². The average molecular weight is 475 g/mol. The van der Waals surface area contributed by atoms with Crippen molar-refractivity contribution in [2.75, 3.05) is 13.2 Å². The monoisotopic (exact) mass is 474 g/mol. The van der Waals surface area contributed by atoms with Crippen LogP contribution in [0, 0.1) is 0 Å². The van der Waals surface area contributed by atoms with E-state index in [2.05, 4.69) is 20.4 Å². The molecule has 1 N–H and O–H groups in total. The van der Waals surface area contributed by atoms with Crippen molar-refractivity contribution < 1.29 is 32.2 Å². The van der Waals surface area contributed by atoms with Crippen molar-refractivity contribution in [3.8, 4) is 5.75 Å². The number of hydrogen-bond acceptors (Lipinski definition) is 6. The Hall–Kier alpha value is -2.37. The van der Waals surface area contributed by atoms with Gasteiger partial charge < -0.3 is 14.8 Å². The second-order valence-electron chi connectivity index (χ2n) is 7.84. The van der Waals surface area contributed by atoms with Gasteiger partial charge in [0.2, 0.25) is 0 Å². The molecule has 2 aliphatic rings. The second kappa shape index (κ2) is 9.63. The van der Waals surface area contributed by atoms with Gasteiger partial charge in [-0.25, -0.2) is 4.68 Å². The normalized spacial score (nSPS) is 25.8. The highest BCUT2D eigenvalue weighted by Gasteiger charge is 2.41. The van der Waals surface area contributed by atoms with Crippen LogP contribution in [0.2, 0.25) is 5.02 Å². The second-order valence-corrected chi connectivity index (χ2v) is 8.28. The number of hydrogen-bond donors (Lipinski definition) is 1. The molecule has 1 aromatic carbocycles. The molecule has 12 heteroatoms. The Morgan fingerprint density at radius 1 is 1.25 bits per heavy atom. The summed E-state index contributed by atoms with van der Waals surface area (Å²) >= 11 is 5.81. The molecule has 8 nitrogen and oxygen atoms in total. The summed E-state index contributed by atoms with van der Waals surface area (Å²) in [6, 6.07) is 6.42. The Bertz CT molecular complexity index is 910. The van der Waals surface area contributed by atoms with Crippen molar-refractivity contribution >= 4 is 17.5 Å². The van der Waals surface area contributed by atoms with Gasteiger partial charge in [-0.1, -0.05) is 16.8 Å². The Kier molecular flexibility index (Phi) is 6.87. The Labute approximate surface area is 187 Å². The first-order valence-electron chi connectivity index (χ1n) is 10.2. The molecule has 2 atom stereocenters. The molecule has 2 fully saturated rings. The van der Waals surface area contributed by atoms with E-state index in [0.717, 1.165) is 0 Å². The predicted octanol–water partition coefficient (Wildman–Crippen LogP) is 3.59. The van der Waals surface area contributed by atoms with E-state index in [1.54, 1.807) is 35.1 Å². The van der Waals surface area contributed by atoms with Crippen LogP contribution >= 0.6 is 11.6 Å². The zero-order valence-electron chi connectivity index (χ0n) is 16.9. The molecular formula is C20H22ClF3N4O4. The molecule has 1 aliphatic heterocycles. The Balaban J connectivity index is 1.17. The molecule has 1 saturated carbocycles. The molecule has 1 amide bonds. The number of carbonyl (C=O) groups excluding carboxylic acids is 1. The van der Waals surface area contributed by atoms with E-state index < -0.39 is 12.5 Å². The standard InChI is InChI=1S/C20H22ClF3N4O4/c21-12-1-4-15(5-2-12)30-11-19(29)25-13-3-6-18(31-10-13)17-9-28(27-26-17)14-7-16(8-14)32-20(22,23)24/h1-2,4-5,9,13-14,16,18H,3,6-8,10-11H2,(H,25,29)/t13-,14-,16+,18+/m1/s1. The molecule has 0 unspecified atom stereocenters. The minimum Gasteiger partial charge on any atom is -0.484 e. The van der Waals surface area contributed by atoms with E-state index in [1.807, 2.05) is 0 Å². The summed E-state index contributed by atoms with van der Waals surface area (Å²) in [5, 5.41) is 11.6. The summed E-state index contributed by atoms with van der Waals surface area (Å²) in [5.74, 6) is 0.300. The summed E-state index contributed by atoms with van der Waals surface area (Å²) in [6.45, 7) is 0.200. The fraction of sp³-hybridized carbons (Fsp3) is 0.550. The molecular weight excluding hydrogens is 453 g/mol. The van der Waals surface area contributed by atoms with Gasteiger partial charge in [-0.15, -0.1) is 18.3 Å². The quantitative estimate of drug-likeness (QED) is 0.660. The average Bonchev–Trinajstić information content (AvgIpc) is 3.19. The molecule has 1 saturated heterocycles. The van der Waals surface area contributed by atoms with E-state index in [-0.39, 0.29) is 43.5 Å². The number of carbonyl (C=O) groups is 1. The molecule has 0 radical (unpaired) electrons. The van der Waals surface area contributed by atoms with Crippen molar-refractivity contribution in [2.45, 2.75) is 56.3 Å². The Morgan fingerprint density at radius 3 is 2.66 bits per heavy atom. The first kappa shape index (κ1) is 22.8. The van der Waals surface area contributed by atoms with Crippen molar-refractivity contribution in [2.24, 2.45) is 0 Å². The van der Waals surface area contributed by atoms with Crippen LogP contribution in [0.4, 0.5) is 13.2 Å². The predicted molar refractivity (Wildman–Crippen MR) is 106 cm³/mol. The zero-order valence-corrected chi connectivity index (χ0v) is 17.7. The van der Waals surface area contributed by atoms with Crippen LogP contribution in [-0.2, 0) is 14.3 Å². The lowest BCUT2D eigenvalue weighted by Crippen LogP contribution is -2.43. The van der Waals surface area contributed by atoms with Crippen LogP contribution in [0.5, 0.6) is 5.75 Å². The largest absolute Gasteiger partial charge is 0.522 e. The van der Waals surface area contributed by atoms with Gasteiger partial charge in [0.25, 0.3) is 5.91 Å². The lowest BCUT2D eigenvalue weighted by Gasteiger charge is -2.34. The first-order valence-corrected chi connectivity index (χ1v) is 10.6. The van der Waals surface area contributed by atoms with Gasteiger partial charge in [0.1, 0.15) is 17.5 Å². The van der Waals surface area contributed by atoms with Crippen molar-refractivity contribution in [1.82, 2.24) is 20.3 Å². The summed E-state index contributed by atoms with van der Waals surface area (Å²) in [5.41, 5.74) is 0.626. The third kappa shape index (κ3) is 6.11. The number of halogens is 4. The molecule has 1 aromatic heterocycles. The molecule has 1 aliphatic carbocycles. The van der Waals surface area contributed by atoms with Gasteiger partial charge in [-0.2, -0.15) is 0 Å². The fourth-order valence-corrected chi connectivity index (χ4v) is 3.83. The highest BCUT2D eigenvalue weighted by molar-refractivity contribution is 6.30. The van der Waals surface area contributed by atoms with Crippen LogP contribution in [0.3, 0.4) is 0 Å². The third-order valence-electron chi connectivity index (χ3n) is 5.43. The molecule has 2 aromatic rings. The van der Waals surface area contributed by atoms with Crippen LogP contribution in [0.15, 0.2) is 30.5 Å². The fourth-order valence-electron chi connectivity index (χ4n) is 3.70. The molecule has 4 rings (SSSR count). The number of nitrogens with one attached hydrogen (secondary N) is 1. The van der Waals surface area contributed by atoms with E-state index >= 15 is 0 Å². The minimum absolute atomic E-state index is 0.115. The number of alkyl halides is 3. The maximum atomic E-state index is 12.2. The number of aromatic nitrogens is 3. The minimum atomic E-state index is -4.62. The lowest BCUT2D eigenvalue weighted by atomic mass is 9.89. The smallest absolute Gasteiger partial charge is 0.484 e. The summed E-state index contributed by atoms with van der Waals surface area (Å²) in [4.78, 5) is 12.1. The first-order chi connectivity index (χ1) is 15.2. The maximum absolute atomic E-state index is 12.2. The van der Waals surface area contributed by atoms with Crippen molar-refractivity contribution in [3.63, 3.8) is 0 Å². The summed E-state index contributed by atoms with van der Waals surface area (Å²) in [7, 11) is 0. The molecule has 174 valence electrons. The van der Waals surface area contributed by atoms with E-state index in [9.17, 15) is 18.0 Å². The van der Waals surface area contributed by atoms with E-state index in [1.165, 1.54) is 0 Å². The van der Waals surface area contributed by atoms with Crippen LogP contribution in [0.1, 0.15) is 43.5 Å². The van der Waals surface area contributed by atoms with Crippen LogP contribution in [0.25, 0.3) is 0 Å². The number of rotatable bonds is 7. The van der Waals surface area contributed by atoms with Crippen LogP contribution < -0.4 is 10.1 Å². The summed E-state index contributed by atoms with van der Waals surface area (Å²) in [6.07, 6.45) is -2.23. The van der Waals surface area contributed by atoms with Gasteiger partial charge in [0, 0.05) is 5.02 Å². The SMILES string of the molecule is O=C(COc1ccc(Cl)cc1)N[C@@H]1CC[C@@H](c2cn([C@H]3C[C@@H](OC(F)(F)F)C3)nn2)OC1. The highest BCUT2D eigenvalue weighted by Crippen LogP contribution is 2.38. The van der Waals surface area contributed by atoms with Gasteiger partial charge in [-0.05, 0) is 49.9 Å². The molecule has 32 heavy (non-hydrogen) atoms. The number of ether oxygens (including phenoxy) is 3. The summed E-state index contributed by atoms with van der Waals surface area (Å²) < 4.78 is 53.5. The van der Waals surface area contributed by atoms with Gasteiger partial charge in [0.05, 0.1) is 31.0 Å². The third-order valence-corrected chi connectivity index (χ3v) is 5.68. The molecule has 2 heterocycles. The zero-order chi connectivity index (χ0) is 22.7. The number of nitrogens with zero attached hydrogens (tertiary/aromatic N) is 3. The number of benzene rings is 1. The van der Waals surface area contributed by atoms with Crippen molar-refractivity contribution in [1.29, 1.82) is 0 Å². The lowest BCUT2D eigenvalue weighted by molar-refractivity contribution is -0.353. The topological polar surface area (TPSA) is 87.5 Å². The van der Waals surface area contributed by atoms with E-state index in [0.29, 0.717) is 35.9 Å². The molecule has 0 bridgehead atoms. The van der Waals surface area contributed by atoms with E-state index in [4.69, 9.17) is 21.1 Å². The molecule has 0 spiro atoms. The highest BCUT2D eigenvalue weighted by atomic mass is 35.5. The van der Waals surface area contributed by atoms with Crippen LogP contribution in [-0.4, -0.2) is 52.6 Å². The van der Waals surface area contributed by atoms with Crippen molar-refractivity contribution in [3.05, 3.63) is 41.2 Å². The number of amides is 1. The Morgan fingerprint density at radius 2 is 2.00 bits per heavy atom.